The molecule has 0 aliphatic heterocycles. The predicted octanol–water partition coefficient (Wildman–Crippen LogP) is 3.85. The van der Waals surface area contributed by atoms with Gasteiger partial charge in [-0.15, -0.1) is 11.3 Å². The highest BCUT2D eigenvalue weighted by Crippen LogP contribution is 2.23. The molecule has 0 spiro atoms. The highest BCUT2D eigenvalue weighted by Gasteiger charge is 2.15. The molecule has 2 aromatic rings. The van der Waals surface area contributed by atoms with Crippen LogP contribution in [0.5, 0.6) is 0 Å². The zero-order chi connectivity index (χ0) is 14.0. The Labute approximate surface area is 125 Å². The number of thiazole rings is 1. The minimum Gasteiger partial charge on any atom is -0.343 e. The highest BCUT2D eigenvalue weighted by molar-refractivity contribution is 9.10. The fraction of sp³-hybridized carbons (Fsp3) is 0.385. The lowest BCUT2D eigenvalue weighted by atomic mass is 10.3. The molecule has 0 aliphatic rings. The van der Waals surface area contributed by atoms with E-state index in [1.54, 1.807) is 0 Å². The van der Waals surface area contributed by atoms with Gasteiger partial charge in [0.15, 0.2) is 5.13 Å². The Morgan fingerprint density at radius 3 is 2.84 bits per heavy atom. The number of rotatable bonds is 4. The van der Waals surface area contributed by atoms with Crippen LogP contribution >= 0.6 is 27.3 Å². The lowest BCUT2D eigenvalue weighted by molar-refractivity contribution is 0.101. The zero-order valence-electron chi connectivity index (χ0n) is 11.2. The van der Waals surface area contributed by atoms with Crippen molar-refractivity contribution in [2.24, 2.45) is 0 Å². The second kappa shape index (κ2) is 5.88. The molecule has 0 saturated carbocycles. The molecule has 0 saturated heterocycles. The summed E-state index contributed by atoms with van der Waals surface area (Å²) in [4.78, 5) is 17.8. The van der Waals surface area contributed by atoms with Crippen molar-refractivity contribution in [1.82, 2.24) is 9.55 Å². The molecule has 1 amide bonds. The molecule has 2 aromatic heterocycles. The third-order valence-electron chi connectivity index (χ3n) is 2.88. The third kappa shape index (κ3) is 3.06. The average molecular weight is 342 g/mol. The summed E-state index contributed by atoms with van der Waals surface area (Å²) in [6.45, 7) is 6.85. The molecule has 0 aromatic carbocycles. The summed E-state index contributed by atoms with van der Waals surface area (Å²) in [5.74, 6) is -0.121. The minimum atomic E-state index is -0.121. The van der Waals surface area contributed by atoms with Gasteiger partial charge in [-0.2, -0.15) is 0 Å². The predicted molar refractivity (Wildman–Crippen MR) is 82.0 cm³/mol. The van der Waals surface area contributed by atoms with Crippen LogP contribution in [-0.2, 0) is 13.0 Å². The maximum Gasteiger partial charge on any atom is 0.274 e. The van der Waals surface area contributed by atoms with Gasteiger partial charge in [-0.05, 0) is 42.3 Å². The summed E-state index contributed by atoms with van der Waals surface area (Å²) in [5, 5.41) is 3.53. The molecule has 102 valence electrons. The minimum absolute atomic E-state index is 0.121. The van der Waals surface area contributed by atoms with Crippen LogP contribution in [0.3, 0.4) is 0 Å². The second-order valence-electron chi connectivity index (χ2n) is 4.16. The van der Waals surface area contributed by atoms with Gasteiger partial charge in [0.25, 0.3) is 5.91 Å². The lowest BCUT2D eigenvalue weighted by Crippen LogP contribution is -2.16. The van der Waals surface area contributed by atoms with Crippen LogP contribution in [0, 0.1) is 6.92 Å². The van der Waals surface area contributed by atoms with Crippen LogP contribution in [0.15, 0.2) is 16.7 Å². The monoisotopic (exact) mass is 341 g/mol. The Hall–Kier alpha value is -1.14. The number of nitrogens with one attached hydrogen (secondary N) is 1. The standard InChI is InChI=1S/C13H16BrN3OS/c1-4-10-8(3)19-13(15-10)16-12(18)11-6-9(14)7-17(11)5-2/h6-7H,4-5H2,1-3H3,(H,15,16,18). The first-order chi connectivity index (χ1) is 9.05. The number of carbonyl (C=O) groups is 1. The van der Waals surface area contributed by atoms with Crippen LogP contribution < -0.4 is 5.32 Å². The summed E-state index contributed by atoms with van der Waals surface area (Å²) in [6.07, 6.45) is 2.79. The first-order valence-electron chi connectivity index (χ1n) is 6.18. The molecule has 0 unspecified atom stereocenters. The summed E-state index contributed by atoms with van der Waals surface area (Å²) in [7, 11) is 0. The summed E-state index contributed by atoms with van der Waals surface area (Å²) in [5.41, 5.74) is 1.69. The van der Waals surface area contributed by atoms with Crippen molar-refractivity contribution in [3.8, 4) is 0 Å². The van der Waals surface area contributed by atoms with E-state index in [1.165, 1.54) is 11.3 Å². The van der Waals surface area contributed by atoms with Gasteiger partial charge in [0.05, 0.1) is 5.69 Å². The number of hydrogen-bond donors (Lipinski definition) is 1. The molecule has 2 rings (SSSR count). The van der Waals surface area contributed by atoms with E-state index in [9.17, 15) is 4.79 Å². The Morgan fingerprint density at radius 1 is 1.53 bits per heavy atom. The van der Waals surface area contributed by atoms with Crippen LogP contribution in [-0.4, -0.2) is 15.5 Å². The number of anilines is 1. The number of hydrogen-bond acceptors (Lipinski definition) is 3. The number of carbonyl (C=O) groups excluding carboxylic acids is 1. The number of aromatic nitrogens is 2. The van der Waals surface area contributed by atoms with E-state index in [4.69, 9.17) is 0 Å². The van der Waals surface area contributed by atoms with Crippen molar-refractivity contribution < 1.29 is 4.79 Å². The van der Waals surface area contributed by atoms with Gasteiger partial charge >= 0.3 is 0 Å². The van der Waals surface area contributed by atoms with Crippen molar-refractivity contribution in [1.29, 1.82) is 0 Å². The molecule has 0 radical (unpaired) electrons. The van der Waals surface area contributed by atoms with Crippen LogP contribution in [0.25, 0.3) is 0 Å². The Morgan fingerprint density at radius 2 is 2.26 bits per heavy atom. The van der Waals surface area contributed by atoms with E-state index in [1.807, 2.05) is 30.7 Å². The van der Waals surface area contributed by atoms with Crippen LogP contribution in [0.4, 0.5) is 5.13 Å². The molecule has 19 heavy (non-hydrogen) atoms. The molecule has 6 heteroatoms. The van der Waals surface area contributed by atoms with E-state index >= 15 is 0 Å². The fourth-order valence-corrected chi connectivity index (χ4v) is 3.26. The van der Waals surface area contributed by atoms with Crippen LogP contribution in [0.2, 0.25) is 0 Å². The highest BCUT2D eigenvalue weighted by atomic mass is 79.9. The molecule has 2 heterocycles. The lowest BCUT2D eigenvalue weighted by Gasteiger charge is -2.05. The molecule has 0 aliphatic carbocycles. The van der Waals surface area contributed by atoms with Crippen molar-refractivity contribution in [3.05, 3.63) is 33.0 Å². The second-order valence-corrected chi connectivity index (χ2v) is 6.28. The van der Waals surface area contributed by atoms with Crippen LogP contribution in [0.1, 0.15) is 34.9 Å². The van der Waals surface area contributed by atoms with E-state index in [0.29, 0.717) is 10.8 Å². The summed E-state index contributed by atoms with van der Waals surface area (Å²) < 4.78 is 2.81. The van der Waals surface area contributed by atoms with Gasteiger partial charge in [-0.1, -0.05) is 6.92 Å². The number of aryl methyl sites for hydroxylation is 3. The third-order valence-corrected chi connectivity index (χ3v) is 4.25. The Balaban J connectivity index is 2.20. The first-order valence-corrected chi connectivity index (χ1v) is 7.79. The molecule has 0 atom stereocenters. The normalized spacial score (nSPS) is 10.7. The number of halogens is 1. The van der Waals surface area contributed by atoms with Gasteiger partial charge < -0.3 is 4.57 Å². The first kappa shape index (κ1) is 14.3. The summed E-state index contributed by atoms with van der Waals surface area (Å²) >= 11 is 4.91. The molecule has 0 bridgehead atoms. The van der Waals surface area contributed by atoms with Gasteiger partial charge in [0.1, 0.15) is 5.69 Å². The largest absolute Gasteiger partial charge is 0.343 e. The molecule has 1 N–H and O–H groups in total. The average Bonchev–Trinajstić information content (AvgIpc) is 2.92. The summed E-state index contributed by atoms with van der Waals surface area (Å²) in [6, 6.07) is 1.82. The van der Waals surface area contributed by atoms with Crippen molar-refractivity contribution in [3.63, 3.8) is 0 Å². The van der Waals surface area contributed by atoms with E-state index < -0.39 is 0 Å². The Bertz CT molecular complexity index is 603. The molecule has 0 fully saturated rings. The molecular formula is C13H16BrN3OS. The van der Waals surface area contributed by atoms with Crippen molar-refractivity contribution in [2.75, 3.05) is 5.32 Å². The van der Waals surface area contributed by atoms with Gasteiger partial charge in [0, 0.05) is 22.1 Å². The molecular weight excluding hydrogens is 326 g/mol. The zero-order valence-corrected chi connectivity index (χ0v) is 13.6. The maximum atomic E-state index is 12.2. The topological polar surface area (TPSA) is 46.9 Å². The Kier molecular flexibility index (Phi) is 4.42. The number of amides is 1. The quantitative estimate of drug-likeness (QED) is 0.917. The molecule has 4 nitrogen and oxygen atoms in total. The van der Waals surface area contributed by atoms with E-state index in [2.05, 4.69) is 33.2 Å². The smallest absolute Gasteiger partial charge is 0.274 e. The van der Waals surface area contributed by atoms with Gasteiger partial charge in [0.2, 0.25) is 0 Å². The van der Waals surface area contributed by atoms with Gasteiger partial charge in [-0.3, -0.25) is 10.1 Å². The number of nitrogens with zero attached hydrogens (tertiary/aromatic N) is 2. The van der Waals surface area contributed by atoms with Crippen molar-refractivity contribution in [2.45, 2.75) is 33.7 Å². The van der Waals surface area contributed by atoms with Crippen molar-refractivity contribution >= 4 is 38.3 Å². The maximum absolute atomic E-state index is 12.2. The van der Waals surface area contributed by atoms with E-state index in [0.717, 1.165) is 28.0 Å². The SMILES string of the molecule is CCc1nc(NC(=O)c2cc(Br)cn2CC)sc1C. The fourth-order valence-electron chi connectivity index (χ4n) is 1.90. The van der Waals surface area contributed by atoms with Gasteiger partial charge in [-0.25, -0.2) is 4.98 Å². The van der Waals surface area contributed by atoms with E-state index in [-0.39, 0.29) is 5.91 Å².